The molecule has 0 aliphatic carbocycles. The zero-order valence-electron chi connectivity index (χ0n) is 19.2. The molecule has 1 amide bonds. The molecule has 5 heteroatoms. The molecule has 1 fully saturated rings. The number of carbonyl (C=O) groups is 1. The number of rotatable bonds is 6. The van der Waals surface area contributed by atoms with Crippen molar-refractivity contribution >= 4 is 28.9 Å². The van der Waals surface area contributed by atoms with Crippen LogP contribution in [-0.2, 0) is 10.2 Å². The van der Waals surface area contributed by atoms with Gasteiger partial charge in [0, 0.05) is 29.6 Å². The van der Waals surface area contributed by atoms with Crippen LogP contribution in [-0.4, -0.2) is 42.7 Å². The van der Waals surface area contributed by atoms with Crippen LogP contribution in [0.3, 0.4) is 0 Å². The second kappa shape index (κ2) is 10.4. The molecule has 2 aromatic carbocycles. The summed E-state index contributed by atoms with van der Waals surface area (Å²) in [6, 6.07) is 14.1. The van der Waals surface area contributed by atoms with Gasteiger partial charge in [-0.15, -0.1) is 0 Å². The van der Waals surface area contributed by atoms with Crippen LogP contribution >= 0.6 is 11.6 Å². The summed E-state index contributed by atoms with van der Waals surface area (Å²) < 4.78 is 0. The average Bonchev–Trinajstić information content (AvgIpc) is 2.73. The van der Waals surface area contributed by atoms with Crippen molar-refractivity contribution in [3.63, 3.8) is 0 Å². The van der Waals surface area contributed by atoms with Gasteiger partial charge in [0.2, 0.25) is 5.91 Å². The third-order valence-corrected chi connectivity index (χ3v) is 5.94. The van der Waals surface area contributed by atoms with Gasteiger partial charge in [-0.2, -0.15) is 0 Å². The van der Waals surface area contributed by atoms with E-state index in [0.717, 1.165) is 42.2 Å². The van der Waals surface area contributed by atoms with Gasteiger partial charge >= 0.3 is 0 Å². The van der Waals surface area contributed by atoms with Crippen LogP contribution in [0.15, 0.2) is 47.5 Å². The Kier molecular flexibility index (Phi) is 7.90. The van der Waals surface area contributed by atoms with Crippen LogP contribution in [0.2, 0.25) is 5.02 Å². The number of anilines is 1. The largest absolute Gasteiger partial charge is 0.326 e. The van der Waals surface area contributed by atoms with E-state index in [1.165, 1.54) is 31.7 Å². The van der Waals surface area contributed by atoms with Crippen LogP contribution < -0.4 is 5.32 Å². The minimum atomic E-state index is -0.112. The molecule has 1 aliphatic rings. The predicted molar refractivity (Wildman–Crippen MR) is 132 cm³/mol. The summed E-state index contributed by atoms with van der Waals surface area (Å²) in [5.74, 6) is -0.112. The molecule has 0 aromatic heterocycles. The maximum atomic E-state index is 11.8. The molecule has 0 saturated carbocycles. The average molecular weight is 440 g/mol. The first kappa shape index (κ1) is 23.5. The van der Waals surface area contributed by atoms with Gasteiger partial charge in [0.15, 0.2) is 0 Å². The highest BCUT2D eigenvalue weighted by Crippen LogP contribution is 2.27. The Labute approximate surface area is 191 Å². The predicted octanol–water partition coefficient (Wildman–Crippen LogP) is 5.92. The Balaban J connectivity index is 1.97. The smallest absolute Gasteiger partial charge is 0.221 e. The third kappa shape index (κ3) is 6.65. The molecular weight excluding hydrogens is 406 g/mol. The molecule has 166 valence electrons. The fourth-order valence-corrected chi connectivity index (χ4v) is 4.13. The molecule has 1 heterocycles. The van der Waals surface area contributed by atoms with Crippen molar-refractivity contribution in [2.45, 2.75) is 52.4 Å². The Hall–Kier alpha value is -2.17. The molecule has 3 rings (SSSR count). The number of benzene rings is 2. The molecule has 1 saturated heterocycles. The van der Waals surface area contributed by atoms with Crippen LogP contribution in [0.5, 0.6) is 0 Å². The van der Waals surface area contributed by atoms with Crippen molar-refractivity contribution in [2.24, 2.45) is 4.99 Å². The number of carbonyl (C=O) groups excluding carboxylic acids is 1. The van der Waals surface area contributed by atoms with Gasteiger partial charge in [-0.05, 0) is 55.1 Å². The lowest BCUT2D eigenvalue weighted by atomic mass is 9.86. The number of likely N-dealkylation sites (tertiary alicyclic amines) is 1. The number of nitrogens with one attached hydrogen (secondary N) is 1. The van der Waals surface area contributed by atoms with E-state index in [9.17, 15) is 4.79 Å². The van der Waals surface area contributed by atoms with Crippen LogP contribution in [0, 0.1) is 0 Å². The summed E-state index contributed by atoms with van der Waals surface area (Å²) in [4.78, 5) is 19.3. The van der Waals surface area contributed by atoms with Gasteiger partial charge in [0.1, 0.15) is 0 Å². The molecule has 0 atom stereocenters. The first-order valence-electron chi connectivity index (χ1n) is 11.2. The number of piperidine rings is 1. The van der Waals surface area contributed by atoms with Gasteiger partial charge < -0.3 is 10.2 Å². The summed E-state index contributed by atoms with van der Waals surface area (Å²) in [5.41, 5.74) is 4.83. The van der Waals surface area contributed by atoms with Gasteiger partial charge in [-0.1, -0.05) is 63.1 Å². The van der Waals surface area contributed by atoms with E-state index in [1.807, 2.05) is 12.1 Å². The molecule has 0 unspecified atom stereocenters. The number of hydrogen-bond donors (Lipinski definition) is 1. The Morgan fingerprint density at radius 1 is 1.06 bits per heavy atom. The first-order valence-corrected chi connectivity index (χ1v) is 11.6. The monoisotopic (exact) mass is 439 g/mol. The van der Waals surface area contributed by atoms with Crippen LogP contribution in [0.1, 0.15) is 63.6 Å². The number of nitrogens with zero attached hydrogens (tertiary/aromatic N) is 2. The third-order valence-electron chi connectivity index (χ3n) is 5.71. The van der Waals surface area contributed by atoms with Crippen molar-refractivity contribution in [1.29, 1.82) is 0 Å². The van der Waals surface area contributed by atoms with Gasteiger partial charge in [0.25, 0.3) is 0 Å². The minimum absolute atomic E-state index is 0.0848. The SMILES string of the molecule is CC(=O)Nc1ccc(Cl)cc1C(=NCCN1CCCCC1)c1ccc(C(C)(C)C)cc1. The summed E-state index contributed by atoms with van der Waals surface area (Å²) >= 11 is 6.35. The second-order valence-corrected chi connectivity index (χ2v) is 9.77. The van der Waals surface area contributed by atoms with Crippen molar-refractivity contribution in [2.75, 3.05) is 31.5 Å². The fourth-order valence-electron chi connectivity index (χ4n) is 3.96. The van der Waals surface area contributed by atoms with Crippen molar-refractivity contribution in [3.05, 3.63) is 64.2 Å². The molecule has 4 nitrogen and oxygen atoms in total. The quantitative estimate of drug-likeness (QED) is 0.568. The lowest BCUT2D eigenvalue weighted by Crippen LogP contribution is -2.32. The van der Waals surface area contributed by atoms with Crippen molar-refractivity contribution in [3.8, 4) is 0 Å². The van der Waals surface area contributed by atoms with Crippen molar-refractivity contribution < 1.29 is 4.79 Å². The molecule has 31 heavy (non-hydrogen) atoms. The van der Waals surface area contributed by atoms with Crippen LogP contribution in [0.4, 0.5) is 5.69 Å². The van der Waals surface area contributed by atoms with E-state index in [-0.39, 0.29) is 11.3 Å². The number of aliphatic imine (C=N–C) groups is 1. The maximum Gasteiger partial charge on any atom is 0.221 e. The lowest BCUT2D eigenvalue weighted by Gasteiger charge is -2.25. The Bertz CT molecular complexity index is 923. The number of amides is 1. The van der Waals surface area contributed by atoms with Crippen molar-refractivity contribution in [1.82, 2.24) is 4.90 Å². The minimum Gasteiger partial charge on any atom is -0.326 e. The summed E-state index contributed by atoms with van der Waals surface area (Å²) in [6.07, 6.45) is 3.87. The highest BCUT2D eigenvalue weighted by molar-refractivity contribution is 6.31. The maximum absolute atomic E-state index is 11.8. The lowest BCUT2D eigenvalue weighted by molar-refractivity contribution is -0.114. The zero-order chi connectivity index (χ0) is 22.4. The highest BCUT2D eigenvalue weighted by Gasteiger charge is 2.17. The molecule has 1 N–H and O–H groups in total. The fraction of sp³-hybridized carbons (Fsp3) is 0.462. The highest BCUT2D eigenvalue weighted by atomic mass is 35.5. The van der Waals surface area contributed by atoms with E-state index in [2.05, 4.69) is 55.3 Å². The van der Waals surface area contributed by atoms with Gasteiger partial charge in [-0.25, -0.2) is 0 Å². The summed E-state index contributed by atoms with van der Waals surface area (Å²) in [7, 11) is 0. The van der Waals surface area contributed by atoms with E-state index in [0.29, 0.717) is 11.6 Å². The molecule has 0 spiro atoms. The van der Waals surface area contributed by atoms with E-state index >= 15 is 0 Å². The van der Waals surface area contributed by atoms with E-state index in [4.69, 9.17) is 16.6 Å². The van der Waals surface area contributed by atoms with Crippen LogP contribution in [0.25, 0.3) is 0 Å². The van der Waals surface area contributed by atoms with Gasteiger partial charge in [-0.3, -0.25) is 9.79 Å². The summed E-state index contributed by atoms with van der Waals surface area (Å²) in [5, 5.41) is 3.56. The normalized spacial score (nSPS) is 15.7. The van der Waals surface area contributed by atoms with E-state index < -0.39 is 0 Å². The molecular formula is C26H34ClN3O. The standard InChI is InChI=1S/C26H34ClN3O/c1-19(31)29-24-13-12-22(27)18-23(24)25(28-14-17-30-15-6-5-7-16-30)20-8-10-21(11-9-20)26(2,3)4/h8-13,18H,5-7,14-17H2,1-4H3,(H,29,31). The molecule has 0 bridgehead atoms. The molecule has 2 aromatic rings. The molecule has 1 aliphatic heterocycles. The van der Waals surface area contributed by atoms with E-state index in [1.54, 1.807) is 6.07 Å². The number of hydrogen-bond acceptors (Lipinski definition) is 3. The summed E-state index contributed by atoms with van der Waals surface area (Å²) in [6.45, 7) is 12.1. The zero-order valence-corrected chi connectivity index (χ0v) is 19.9. The Morgan fingerprint density at radius 2 is 1.74 bits per heavy atom. The topological polar surface area (TPSA) is 44.7 Å². The molecule has 0 radical (unpaired) electrons. The first-order chi connectivity index (χ1) is 14.7. The number of halogens is 1. The van der Waals surface area contributed by atoms with Gasteiger partial charge in [0.05, 0.1) is 17.9 Å². The Morgan fingerprint density at radius 3 is 2.35 bits per heavy atom. The second-order valence-electron chi connectivity index (χ2n) is 9.33.